The third kappa shape index (κ3) is 6.67. The van der Waals surface area contributed by atoms with Crippen LogP contribution in [0, 0.1) is 5.92 Å². The second kappa shape index (κ2) is 10.7. The fourth-order valence-electron chi connectivity index (χ4n) is 4.50. The number of benzene rings is 1. The van der Waals surface area contributed by atoms with Crippen molar-refractivity contribution in [3.8, 4) is 0 Å². The zero-order valence-electron chi connectivity index (χ0n) is 19.2. The fourth-order valence-corrected chi connectivity index (χ4v) is 4.50. The first-order chi connectivity index (χ1) is 15.9. The normalized spacial score (nSPS) is 24.7. The van der Waals surface area contributed by atoms with Crippen LogP contribution in [0.3, 0.4) is 0 Å². The van der Waals surface area contributed by atoms with Crippen LogP contribution >= 0.6 is 0 Å². The maximum atomic E-state index is 14.8. The Hall–Kier alpha value is -2.70. The molecule has 3 rings (SSSR count). The standard InChI is InChI=1S/C27H28F6O/c1-16-4-6-19(7-5-16)20-8-10-21(11-9-20)22-12-13-23(24(29)15-22)17(2)14-25(30)26(18(3)28)34-27(31,32)33/h8-11,13-16,19,22H,2,4-7,12H2,1,3H3/b25-14+,26-18-. The van der Waals surface area contributed by atoms with Gasteiger partial charge in [0, 0.05) is 11.5 Å². The van der Waals surface area contributed by atoms with E-state index >= 15 is 0 Å². The van der Waals surface area contributed by atoms with E-state index in [1.165, 1.54) is 43.4 Å². The van der Waals surface area contributed by atoms with Gasteiger partial charge in [-0.15, -0.1) is 13.2 Å². The van der Waals surface area contributed by atoms with Crippen LogP contribution in [0.15, 0.2) is 83.5 Å². The zero-order valence-corrected chi connectivity index (χ0v) is 19.2. The Bertz CT molecular complexity index is 1010. The summed E-state index contributed by atoms with van der Waals surface area (Å²) in [6.45, 7) is 6.43. The number of allylic oxidation sites excluding steroid dienone is 8. The molecule has 0 aromatic heterocycles. The molecular weight excluding hydrogens is 454 g/mol. The van der Waals surface area contributed by atoms with E-state index in [-0.39, 0.29) is 17.1 Å². The molecule has 34 heavy (non-hydrogen) atoms. The first-order valence-corrected chi connectivity index (χ1v) is 11.3. The van der Waals surface area contributed by atoms with Crippen molar-refractivity contribution >= 4 is 0 Å². The van der Waals surface area contributed by atoms with Crippen molar-refractivity contribution in [3.05, 3.63) is 94.6 Å². The highest BCUT2D eigenvalue weighted by molar-refractivity contribution is 5.52. The van der Waals surface area contributed by atoms with Gasteiger partial charge in [0.25, 0.3) is 0 Å². The molecule has 0 N–H and O–H groups in total. The topological polar surface area (TPSA) is 9.23 Å². The summed E-state index contributed by atoms with van der Waals surface area (Å²) >= 11 is 0. The van der Waals surface area contributed by atoms with E-state index in [0.717, 1.165) is 11.5 Å². The van der Waals surface area contributed by atoms with Gasteiger partial charge in [-0.1, -0.05) is 56.7 Å². The maximum Gasteiger partial charge on any atom is 0.573 e. The lowest BCUT2D eigenvalue weighted by molar-refractivity contribution is -0.305. The van der Waals surface area contributed by atoms with Crippen molar-refractivity contribution in [2.24, 2.45) is 5.92 Å². The summed E-state index contributed by atoms with van der Waals surface area (Å²) < 4.78 is 83.0. The van der Waals surface area contributed by atoms with E-state index in [1.807, 2.05) is 12.1 Å². The molecule has 1 nitrogen and oxygen atoms in total. The van der Waals surface area contributed by atoms with Gasteiger partial charge in [-0.3, -0.25) is 0 Å². The van der Waals surface area contributed by atoms with E-state index in [4.69, 9.17) is 0 Å². The second-order valence-corrected chi connectivity index (χ2v) is 9.03. The Balaban J connectivity index is 1.69. The SMILES string of the molecule is C=C(/C=C(F)\C(OC(F)(F)F)=C(/C)F)C1=CCC(c2ccc(C3CCC(C)CC3)cc2)C=C1F. The molecule has 1 aromatic rings. The molecule has 1 unspecified atom stereocenters. The van der Waals surface area contributed by atoms with Crippen LogP contribution < -0.4 is 0 Å². The van der Waals surface area contributed by atoms with Crippen LogP contribution in [-0.2, 0) is 4.74 Å². The molecule has 184 valence electrons. The number of ether oxygens (including phenoxy) is 1. The number of halogens is 6. The van der Waals surface area contributed by atoms with Crippen molar-refractivity contribution in [3.63, 3.8) is 0 Å². The fraction of sp³-hybridized carbons (Fsp3) is 0.407. The van der Waals surface area contributed by atoms with Crippen LogP contribution in [0.2, 0.25) is 0 Å². The number of hydrogen-bond acceptors (Lipinski definition) is 1. The van der Waals surface area contributed by atoms with Gasteiger partial charge in [0.15, 0.2) is 11.6 Å². The summed E-state index contributed by atoms with van der Waals surface area (Å²) in [5, 5.41) is 0. The van der Waals surface area contributed by atoms with Crippen molar-refractivity contribution in [2.75, 3.05) is 0 Å². The van der Waals surface area contributed by atoms with E-state index in [0.29, 0.717) is 25.3 Å². The molecule has 1 atom stereocenters. The van der Waals surface area contributed by atoms with Gasteiger partial charge in [-0.25, -0.2) is 13.2 Å². The van der Waals surface area contributed by atoms with Gasteiger partial charge in [0.05, 0.1) is 0 Å². The Morgan fingerprint density at radius 1 is 1.03 bits per heavy atom. The molecule has 0 radical (unpaired) electrons. The minimum Gasteiger partial charge on any atom is -0.400 e. The third-order valence-corrected chi connectivity index (χ3v) is 6.43. The van der Waals surface area contributed by atoms with Crippen LogP contribution in [-0.4, -0.2) is 6.36 Å². The van der Waals surface area contributed by atoms with E-state index in [9.17, 15) is 26.3 Å². The summed E-state index contributed by atoms with van der Waals surface area (Å²) in [5.41, 5.74) is 1.94. The molecule has 1 aromatic carbocycles. The van der Waals surface area contributed by atoms with Crippen molar-refractivity contribution in [1.82, 2.24) is 0 Å². The lowest BCUT2D eigenvalue weighted by Crippen LogP contribution is -2.14. The highest BCUT2D eigenvalue weighted by Crippen LogP contribution is 2.38. The Morgan fingerprint density at radius 3 is 2.15 bits per heavy atom. The van der Waals surface area contributed by atoms with Gasteiger partial charge in [-0.2, -0.15) is 0 Å². The summed E-state index contributed by atoms with van der Waals surface area (Å²) in [6, 6.07) is 8.16. The Morgan fingerprint density at radius 2 is 1.62 bits per heavy atom. The lowest BCUT2D eigenvalue weighted by Gasteiger charge is -2.27. The molecule has 1 saturated carbocycles. The molecule has 2 aliphatic carbocycles. The van der Waals surface area contributed by atoms with Crippen LogP contribution in [0.4, 0.5) is 26.3 Å². The van der Waals surface area contributed by atoms with Crippen molar-refractivity contribution in [2.45, 2.75) is 64.1 Å². The average Bonchev–Trinajstić information content (AvgIpc) is 2.77. The van der Waals surface area contributed by atoms with Crippen LogP contribution in [0.1, 0.15) is 68.9 Å². The molecule has 0 heterocycles. The predicted molar refractivity (Wildman–Crippen MR) is 121 cm³/mol. The monoisotopic (exact) mass is 482 g/mol. The quantitative estimate of drug-likeness (QED) is 0.223. The minimum atomic E-state index is -5.28. The molecule has 0 spiro atoms. The van der Waals surface area contributed by atoms with Crippen molar-refractivity contribution < 1.29 is 31.1 Å². The van der Waals surface area contributed by atoms with Crippen molar-refractivity contribution in [1.29, 1.82) is 0 Å². The molecule has 0 aliphatic heterocycles. The van der Waals surface area contributed by atoms with Crippen LogP contribution in [0.25, 0.3) is 0 Å². The van der Waals surface area contributed by atoms with E-state index in [1.54, 1.807) is 0 Å². The summed E-state index contributed by atoms with van der Waals surface area (Å²) in [4.78, 5) is 0. The van der Waals surface area contributed by atoms with E-state index in [2.05, 4.69) is 30.4 Å². The zero-order chi connectivity index (χ0) is 25.0. The molecule has 2 aliphatic rings. The summed E-state index contributed by atoms with van der Waals surface area (Å²) in [6.07, 6.45) is 3.34. The highest BCUT2D eigenvalue weighted by atomic mass is 19.4. The van der Waals surface area contributed by atoms with Gasteiger partial charge in [-0.05, 0) is 66.9 Å². The summed E-state index contributed by atoms with van der Waals surface area (Å²) in [5.74, 6) is -4.33. The molecule has 1 fully saturated rings. The number of rotatable bonds is 6. The van der Waals surface area contributed by atoms with Gasteiger partial charge in [0.1, 0.15) is 11.7 Å². The molecule has 7 heteroatoms. The minimum absolute atomic E-state index is 0.0535. The number of hydrogen-bond donors (Lipinski definition) is 0. The summed E-state index contributed by atoms with van der Waals surface area (Å²) in [7, 11) is 0. The number of alkyl halides is 3. The second-order valence-electron chi connectivity index (χ2n) is 9.03. The smallest absolute Gasteiger partial charge is 0.400 e. The van der Waals surface area contributed by atoms with Gasteiger partial charge in [0.2, 0.25) is 0 Å². The lowest BCUT2D eigenvalue weighted by atomic mass is 9.79. The Kier molecular flexibility index (Phi) is 8.16. The highest BCUT2D eigenvalue weighted by Gasteiger charge is 2.34. The largest absolute Gasteiger partial charge is 0.573 e. The first kappa shape index (κ1) is 25.9. The first-order valence-electron chi connectivity index (χ1n) is 11.3. The van der Waals surface area contributed by atoms with Crippen LogP contribution in [0.5, 0.6) is 0 Å². The average molecular weight is 483 g/mol. The predicted octanol–water partition coefficient (Wildman–Crippen LogP) is 9.39. The third-order valence-electron chi connectivity index (χ3n) is 6.43. The van der Waals surface area contributed by atoms with Gasteiger partial charge >= 0.3 is 6.36 Å². The molecule has 0 amide bonds. The van der Waals surface area contributed by atoms with Gasteiger partial charge < -0.3 is 4.74 Å². The maximum absolute atomic E-state index is 14.8. The Labute approximate surface area is 196 Å². The molecule has 0 saturated heterocycles. The molecular formula is C27H28F6O. The van der Waals surface area contributed by atoms with E-state index < -0.39 is 29.6 Å². The molecule has 0 bridgehead atoms.